The van der Waals surface area contributed by atoms with Crippen LogP contribution in [0.15, 0.2) is 6.07 Å². The third kappa shape index (κ3) is 2.08. The molecular formula is C13H17N3OS. The van der Waals surface area contributed by atoms with Gasteiger partial charge in [-0.15, -0.1) is 11.3 Å². The number of ether oxygens (including phenoxy) is 1. The summed E-state index contributed by atoms with van der Waals surface area (Å²) in [5, 5.41) is 4.45. The maximum atomic E-state index is 5.68. The molecular weight excluding hydrogens is 246 g/mol. The predicted molar refractivity (Wildman–Crippen MR) is 74.2 cm³/mol. The van der Waals surface area contributed by atoms with E-state index in [4.69, 9.17) is 4.74 Å². The summed E-state index contributed by atoms with van der Waals surface area (Å²) in [4.78, 5) is 11.6. The second kappa shape index (κ2) is 4.82. The Kier molecular flexibility index (Phi) is 3.18. The van der Waals surface area contributed by atoms with E-state index in [0.29, 0.717) is 0 Å². The fraction of sp³-hybridized carbons (Fsp3) is 0.538. The van der Waals surface area contributed by atoms with Gasteiger partial charge >= 0.3 is 0 Å². The first-order valence-electron chi connectivity index (χ1n) is 6.41. The third-order valence-corrected chi connectivity index (χ3v) is 4.04. The van der Waals surface area contributed by atoms with Gasteiger partial charge in [-0.3, -0.25) is 0 Å². The van der Waals surface area contributed by atoms with Crippen molar-refractivity contribution in [3.8, 4) is 0 Å². The van der Waals surface area contributed by atoms with E-state index in [1.54, 1.807) is 11.3 Å². The summed E-state index contributed by atoms with van der Waals surface area (Å²) >= 11 is 1.72. The summed E-state index contributed by atoms with van der Waals surface area (Å²) in [7, 11) is 0. The first-order valence-corrected chi connectivity index (χ1v) is 7.23. The van der Waals surface area contributed by atoms with Crippen LogP contribution in [0.1, 0.15) is 36.6 Å². The normalized spacial score (nSPS) is 19.6. The lowest BCUT2D eigenvalue weighted by Gasteiger charge is -2.11. The Bertz CT molecular complexity index is 561. The minimum Gasteiger partial charge on any atom is -0.370 e. The molecule has 1 N–H and O–H groups in total. The van der Waals surface area contributed by atoms with Gasteiger partial charge in [-0.1, -0.05) is 0 Å². The van der Waals surface area contributed by atoms with Gasteiger partial charge in [0.05, 0.1) is 5.39 Å². The molecule has 1 fully saturated rings. The molecule has 0 spiro atoms. The Hall–Kier alpha value is -1.20. The van der Waals surface area contributed by atoms with E-state index in [1.165, 1.54) is 4.88 Å². The fourth-order valence-corrected chi connectivity index (χ4v) is 3.17. The number of nitrogens with one attached hydrogen (secondary N) is 1. The van der Waals surface area contributed by atoms with Gasteiger partial charge in [0.1, 0.15) is 16.8 Å². The van der Waals surface area contributed by atoms with Crippen LogP contribution in [0.4, 0.5) is 5.82 Å². The molecule has 0 radical (unpaired) electrons. The Morgan fingerprint density at radius 3 is 3.11 bits per heavy atom. The molecule has 96 valence electrons. The third-order valence-electron chi connectivity index (χ3n) is 3.10. The first kappa shape index (κ1) is 11.9. The van der Waals surface area contributed by atoms with Crippen molar-refractivity contribution in [1.29, 1.82) is 0 Å². The maximum absolute atomic E-state index is 5.68. The topological polar surface area (TPSA) is 47.0 Å². The van der Waals surface area contributed by atoms with Crippen molar-refractivity contribution >= 4 is 27.4 Å². The number of fused-ring (bicyclic) bond motifs is 1. The number of anilines is 1. The van der Waals surface area contributed by atoms with E-state index in [-0.39, 0.29) is 6.10 Å². The highest BCUT2D eigenvalue weighted by atomic mass is 32.1. The summed E-state index contributed by atoms with van der Waals surface area (Å²) in [6.07, 6.45) is 2.21. The van der Waals surface area contributed by atoms with Crippen LogP contribution < -0.4 is 5.32 Å². The summed E-state index contributed by atoms with van der Waals surface area (Å²) in [5.41, 5.74) is 0. The molecule has 2 aromatic rings. The first-order chi connectivity index (χ1) is 8.78. The van der Waals surface area contributed by atoms with E-state index in [1.807, 2.05) is 0 Å². The van der Waals surface area contributed by atoms with Gasteiger partial charge in [0.25, 0.3) is 0 Å². The summed E-state index contributed by atoms with van der Waals surface area (Å²) in [6.45, 7) is 5.88. The molecule has 18 heavy (non-hydrogen) atoms. The number of thiophene rings is 1. The molecule has 1 saturated heterocycles. The fourth-order valence-electron chi connectivity index (χ4n) is 2.29. The average Bonchev–Trinajstić information content (AvgIpc) is 2.96. The smallest absolute Gasteiger partial charge is 0.161 e. The Balaban J connectivity index is 2.09. The van der Waals surface area contributed by atoms with Crippen LogP contribution in [0.2, 0.25) is 0 Å². The van der Waals surface area contributed by atoms with Gasteiger partial charge in [-0.05, 0) is 32.8 Å². The number of hydrogen-bond acceptors (Lipinski definition) is 5. The lowest BCUT2D eigenvalue weighted by Crippen LogP contribution is -2.07. The van der Waals surface area contributed by atoms with Crippen LogP contribution in [0, 0.1) is 6.92 Å². The molecule has 1 aliphatic heterocycles. The van der Waals surface area contributed by atoms with Crippen molar-refractivity contribution in [3.63, 3.8) is 0 Å². The lowest BCUT2D eigenvalue weighted by molar-refractivity contribution is 0.105. The van der Waals surface area contributed by atoms with Crippen molar-refractivity contribution in [2.24, 2.45) is 0 Å². The molecule has 0 amide bonds. The Morgan fingerprint density at radius 2 is 2.39 bits per heavy atom. The van der Waals surface area contributed by atoms with Crippen LogP contribution >= 0.6 is 11.3 Å². The molecule has 4 nitrogen and oxygen atoms in total. The highest BCUT2D eigenvalue weighted by molar-refractivity contribution is 7.18. The van der Waals surface area contributed by atoms with Crippen LogP contribution in [-0.4, -0.2) is 23.1 Å². The second-order valence-corrected chi connectivity index (χ2v) is 5.77. The highest BCUT2D eigenvalue weighted by Gasteiger charge is 2.22. The van der Waals surface area contributed by atoms with Crippen LogP contribution in [-0.2, 0) is 4.74 Å². The molecule has 5 heteroatoms. The van der Waals surface area contributed by atoms with Gasteiger partial charge in [0, 0.05) is 18.0 Å². The molecule has 1 atom stereocenters. The molecule has 2 aromatic heterocycles. The summed E-state index contributed by atoms with van der Waals surface area (Å²) in [6, 6.07) is 2.15. The van der Waals surface area contributed by atoms with E-state index < -0.39 is 0 Å². The zero-order valence-corrected chi connectivity index (χ0v) is 11.5. The minimum absolute atomic E-state index is 0.0780. The standard InChI is InChI=1S/C13H17N3OS/c1-3-14-11-9-7-8(2)18-13(9)16-12(15-11)10-5-4-6-17-10/h7,10H,3-6H2,1-2H3,(H,14,15,16). The zero-order valence-electron chi connectivity index (χ0n) is 10.7. The van der Waals surface area contributed by atoms with Gasteiger partial charge < -0.3 is 10.1 Å². The van der Waals surface area contributed by atoms with E-state index in [2.05, 4.69) is 35.2 Å². The quantitative estimate of drug-likeness (QED) is 0.923. The predicted octanol–water partition coefficient (Wildman–Crippen LogP) is 3.28. The van der Waals surface area contributed by atoms with Crippen molar-refractivity contribution in [2.75, 3.05) is 18.5 Å². The average molecular weight is 263 g/mol. The zero-order chi connectivity index (χ0) is 12.5. The number of hydrogen-bond donors (Lipinski definition) is 1. The molecule has 0 saturated carbocycles. The van der Waals surface area contributed by atoms with Crippen molar-refractivity contribution in [2.45, 2.75) is 32.8 Å². The summed E-state index contributed by atoms with van der Waals surface area (Å²) in [5.74, 6) is 1.77. The number of aromatic nitrogens is 2. The van der Waals surface area contributed by atoms with Gasteiger partial charge in [0.2, 0.25) is 0 Å². The minimum atomic E-state index is 0.0780. The van der Waals surface area contributed by atoms with Crippen molar-refractivity contribution in [3.05, 3.63) is 16.8 Å². The molecule has 0 aromatic carbocycles. The monoisotopic (exact) mass is 263 g/mol. The number of aryl methyl sites for hydroxylation is 1. The molecule has 3 heterocycles. The van der Waals surface area contributed by atoms with Gasteiger partial charge in [-0.2, -0.15) is 0 Å². The van der Waals surface area contributed by atoms with Crippen LogP contribution in [0.5, 0.6) is 0 Å². The van der Waals surface area contributed by atoms with Crippen LogP contribution in [0.3, 0.4) is 0 Å². The van der Waals surface area contributed by atoms with E-state index in [9.17, 15) is 0 Å². The molecule has 3 rings (SSSR count). The van der Waals surface area contributed by atoms with Gasteiger partial charge in [-0.25, -0.2) is 9.97 Å². The molecule has 0 aliphatic carbocycles. The maximum Gasteiger partial charge on any atom is 0.161 e. The van der Waals surface area contributed by atoms with Gasteiger partial charge in [0.15, 0.2) is 5.82 Å². The summed E-state index contributed by atoms with van der Waals surface area (Å²) < 4.78 is 5.68. The largest absolute Gasteiger partial charge is 0.370 e. The van der Waals surface area contributed by atoms with Crippen LogP contribution in [0.25, 0.3) is 10.2 Å². The van der Waals surface area contributed by atoms with Crippen molar-refractivity contribution in [1.82, 2.24) is 9.97 Å². The second-order valence-electron chi connectivity index (χ2n) is 4.54. The number of rotatable bonds is 3. The van der Waals surface area contributed by atoms with E-state index in [0.717, 1.165) is 47.9 Å². The lowest BCUT2D eigenvalue weighted by atomic mass is 10.2. The van der Waals surface area contributed by atoms with Crippen molar-refractivity contribution < 1.29 is 4.74 Å². The molecule has 1 unspecified atom stereocenters. The Morgan fingerprint density at radius 1 is 1.50 bits per heavy atom. The highest BCUT2D eigenvalue weighted by Crippen LogP contribution is 2.32. The SMILES string of the molecule is CCNc1nc(C2CCCO2)nc2sc(C)cc12. The van der Waals surface area contributed by atoms with E-state index >= 15 is 0 Å². The molecule has 0 bridgehead atoms. The number of nitrogens with zero attached hydrogens (tertiary/aromatic N) is 2. The molecule has 1 aliphatic rings. The Labute approximate surface area is 110 Å².